The Hall–Kier alpha value is -10.4. The predicted molar refractivity (Wildman–Crippen MR) is 312 cm³/mol. The molecule has 7 nitrogen and oxygen atoms in total. The molecule has 16 aromatic rings. The lowest BCUT2D eigenvalue weighted by molar-refractivity contribution is 0.669. The molecular weight excluding hydrogens is 929 g/mol. The van der Waals surface area contributed by atoms with Crippen molar-refractivity contribution in [3.63, 3.8) is 0 Å². The third-order valence-electron chi connectivity index (χ3n) is 15.3. The first-order chi connectivity index (χ1) is 37.7. The number of hydrogen-bond donors (Lipinski definition) is 0. The smallest absolute Gasteiger partial charge is 0.167 e. The molecule has 0 aliphatic heterocycles. The van der Waals surface area contributed by atoms with Gasteiger partial charge in [0.2, 0.25) is 0 Å². The van der Waals surface area contributed by atoms with Crippen molar-refractivity contribution in [3.8, 4) is 62.4 Å². The highest BCUT2D eigenvalue weighted by molar-refractivity contribution is 6.28. The van der Waals surface area contributed by atoms with E-state index in [2.05, 4.69) is 226 Å². The van der Waals surface area contributed by atoms with E-state index in [0.717, 1.165) is 110 Å². The zero-order chi connectivity index (χ0) is 49.8. The summed E-state index contributed by atoms with van der Waals surface area (Å²) in [7, 11) is 0. The summed E-state index contributed by atoms with van der Waals surface area (Å²) in [6, 6.07) is 90.3. The standard InChI is InChI=1S/C69H42N6O/c1-4-20-43(21-5-1)44-36-38-46(39-37-44)68-70-67(45-22-6-2-7-23-45)71-69(72-68)53-40-41-59(63-52-30-14-19-35-61(52)76-66(53)63)75-57-33-17-12-28-50(57)54-42-60(74-55-31-15-10-26-48(55)49-27-11-16-32-56(49)74)62-51-29-13-18-34-58(51)73(65(62)64(54)75)47-24-8-3-9-25-47/h1-42H. The zero-order valence-corrected chi connectivity index (χ0v) is 40.8. The molecule has 354 valence electrons. The maximum atomic E-state index is 7.11. The molecule has 5 heterocycles. The second-order valence-electron chi connectivity index (χ2n) is 19.5. The Morgan fingerprint density at radius 1 is 0.289 bits per heavy atom. The lowest BCUT2D eigenvalue weighted by atomic mass is 10.0. The number of nitrogens with zero attached hydrogens (tertiary/aromatic N) is 6. The van der Waals surface area contributed by atoms with Crippen molar-refractivity contribution < 1.29 is 4.42 Å². The number of rotatable bonds is 7. The second kappa shape index (κ2) is 16.6. The minimum Gasteiger partial charge on any atom is -0.455 e. The van der Waals surface area contributed by atoms with Crippen molar-refractivity contribution in [1.29, 1.82) is 0 Å². The van der Waals surface area contributed by atoms with Gasteiger partial charge in [0.05, 0.1) is 55.4 Å². The van der Waals surface area contributed by atoms with Crippen LogP contribution in [-0.2, 0) is 0 Å². The van der Waals surface area contributed by atoms with Crippen molar-refractivity contribution in [1.82, 2.24) is 28.7 Å². The van der Waals surface area contributed by atoms with E-state index in [9.17, 15) is 0 Å². The van der Waals surface area contributed by atoms with Crippen LogP contribution >= 0.6 is 0 Å². The second-order valence-corrected chi connectivity index (χ2v) is 19.5. The molecule has 0 N–H and O–H groups in total. The number of para-hydroxylation sites is 6. The topological polar surface area (TPSA) is 66.6 Å². The molecule has 0 amide bonds. The van der Waals surface area contributed by atoms with E-state index in [-0.39, 0.29) is 0 Å². The van der Waals surface area contributed by atoms with Crippen LogP contribution in [0, 0.1) is 0 Å². The van der Waals surface area contributed by atoms with Crippen molar-refractivity contribution >= 4 is 87.4 Å². The average Bonchev–Trinajstić information content (AvgIpc) is 4.35. The molecule has 0 saturated carbocycles. The maximum absolute atomic E-state index is 7.11. The summed E-state index contributed by atoms with van der Waals surface area (Å²) in [4.78, 5) is 15.7. The minimum atomic E-state index is 0.524. The Balaban J connectivity index is 1.02. The van der Waals surface area contributed by atoms with Crippen LogP contribution in [0.1, 0.15) is 0 Å². The number of fused-ring (bicyclic) bond motifs is 13. The molecule has 0 aliphatic rings. The van der Waals surface area contributed by atoms with Gasteiger partial charge in [-0.1, -0.05) is 194 Å². The van der Waals surface area contributed by atoms with Gasteiger partial charge in [-0.2, -0.15) is 0 Å². The molecule has 0 aliphatic carbocycles. The first-order valence-electron chi connectivity index (χ1n) is 25.7. The van der Waals surface area contributed by atoms with Gasteiger partial charge in [0.1, 0.15) is 11.2 Å². The molecule has 0 fully saturated rings. The molecule has 5 aromatic heterocycles. The van der Waals surface area contributed by atoms with Gasteiger partial charge in [-0.15, -0.1) is 0 Å². The molecule has 0 saturated heterocycles. The summed E-state index contributed by atoms with van der Waals surface area (Å²) in [5.74, 6) is 1.68. The van der Waals surface area contributed by atoms with Crippen molar-refractivity contribution in [2.45, 2.75) is 0 Å². The van der Waals surface area contributed by atoms with Crippen molar-refractivity contribution in [2.24, 2.45) is 0 Å². The van der Waals surface area contributed by atoms with Gasteiger partial charge in [0.15, 0.2) is 17.5 Å². The first kappa shape index (κ1) is 42.2. The van der Waals surface area contributed by atoms with E-state index in [1.54, 1.807) is 0 Å². The quantitative estimate of drug-likeness (QED) is 0.160. The van der Waals surface area contributed by atoms with E-state index < -0.39 is 0 Å². The number of hydrogen-bond acceptors (Lipinski definition) is 4. The van der Waals surface area contributed by atoms with Gasteiger partial charge in [0, 0.05) is 54.5 Å². The van der Waals surface area contributed by atoms with Gasteiger partial charge in [-0.05, 0) is 71.8 Å². The van der Waals surface area contributed by atoms with Gasteiger partial charge in [-0.3, -0.25) is 0 Å². The van der Waals surface area contributed by atoms with Crippen LogP contribution in [0.15, 0.2) is 259 Å². The molecule has 0 unspecified atom stereocenters. The third kappa shape index (κ3) is 6.26. The summed E-state index contributed by atoms with van der Waals surface area (Å²) in [5.41, 5.74) is 16.2. The van der Waals surface area contributed by atoms with Crippen LogP contribution < -0.4 is 0 Å². The molecule has 0 bridgehead atoms. The molecule has 7 heteroatoms. The van der Waals surface area contributed by atoms with Gasteiger partial charge in [0.25, 0.3) is 0 Å². The third-order valence-corrected chi connectivity index (χ3v) is 15.3. The van der Waals surface area contributed by atoms with E-state index in [0.29, 0.717) is 23.1 Å². The highest BCUT2D eigenvalue weighted by Crippen LogP contribution is 2.48. The van der Waals surface area contributed by atoms with Gasteiger partial charge < -0.3 is 18.1 Å². The van der Waals surface area contributed by atoms with Crippen LogP contribution in [0.2, 0.25) is 0 Å². The lowest BCUT2D eigenvalue weighted by Gasteiger charge is -2.16. The largest absolute Gasteiger partial charge is 0.455 e. The van der Waals surface area contributed by atoms with Crippen molar-refractivity contribution in [2.75, 3.05) is 0 Å². The normalized spacial score (nSPS) is 11.9. The molecule has 0 atom stereocenters. The van der Waals surface area contributed by atoms with E-state index in [1.165, 1.54) is 16.2 Å². The SMILES string of the molecule is c1ccc(-c2ccc(-c3nc(-c4ccccc4)nc(-c4ccc(-n5c6ccccc6c6cc(-n7c8ccccc8c8ccccc87)c7c8ccccc8n(-c8ccccc8)c7c65)c5c4oc4ccccc45)n3)cc2)cc1. The van der Waals surface area contributed by atoms with Crippen LogP contribution in [0.4, 0.5) is 0 Å². The number of benzene rings is 11. The average molecular weight is 971 g/mol. The Morgan fingerprint density at radius 3 is 1.39 bits per heavy atom. The Bertz CT molecular complexity index is 4920. The Kier molecular flexibility index (Phi) is 9.20. The fourth-order valence-corrected chi connectivity index (χ4v) is 12.0. The molecule has 0 radical (unpaired) electrons. The molecule has 16 rings (SSSR count). The molecule has 76 heavy (non-hydrogen) atoms. The molecule has 11 aromatic carbocycles. The summed E-state index contributed by atoms with van der Waals surface area (Å²) in [6.45, 7) is 0. The summed E-state index contributed by atoms with van der Waals surface area (Å²) < 4.78 is 14.6. The van der Waals surface area contributed by atoms with Gasteiger partial charge >= 0.3 is 0 Å². The Labute approximate surface area is 435 Å². The molecular formula is C69H42N6O. The first-order valence-corrected chi connectivity index (χ1v) is 25.7. The zero-order valence-electron chi connectivity index (χ0n) is 40.8. The highest BCUT2D eigenvalue weighted by atomic mass is 16.3. The fraction of sp³-hybridized carbons (Fsp3) is 0. The number of furan rings is 1. The van der Waals surface area contributed by atoms with Crippen molar-refractivity contribution in [3.05, 3.63) is 255 Å². The summed E-state index contributed by atoms with van der Waals surface area (Å²) >= 11 is 0. The van der Waals surface area contributed by atoms with E-state index >= 15 is 0 Å². The molecule has 0 spiro atoms. The summed E-state index contributed by atoms with van der Waals surface area (Å²) in [5, 5.41) is 9.01. The Morgan fingerprint density at radius 2 is 0.750 bits per heavy atom. The van der Waals surface area contributed by atoms with E-state index in [4.69, 9.17) is 19.4 Å². The maximum Gasteiger partial charge on any atom is 0.167 e. The monoisotopic (exact) mass is 970 g/mol. The fourth-order valence-electron chi connectivity index (χ4n) is 12.0. The predicted octanol–water partition coefficient (Wildman–Crippen LogP) is 17.7. The minimum absolute atomic E-state index is 0.524. The lowest BCUT2D eigenvalue weighted by Crippen LogP contribution is -2.02. The van der Waals surface area contributed by atoms with Crippen LogP contribution in [0.3, 0.4) is 0 Å². The summed E-state index contributed by atoms with van der Waals surface area (Å²) in [6.07, 6.45) is 0. The van der Waals surface area contributed by atoms with Crippen LogP contribution in [0.25, 0.3) is 150 Å². The number of aromatic nitrogens is 6. The van der Waals surface area contributed by atoms with Gasteiger partial charge in [-0.25, -0.2) is 15.0 Å². The van der Waals surface area contributed by atoms with E-state index in [1.807, 2.05) is 42.5 Å². The van der Waals surface area contributed by atoms with Crippen LogP contribution in [-0.4, -0.2) is 28.7 Å². The highest BCUT2D eigenvalue weighted by Gasteiger charge is 2.28. The van der Waals surface area contributed by atoms with Crippen LogP contribution in [0.5, 0.6) is 0 Å².